The predicted molar refractivity (Wildman–Crippen MR) is 225 cm³/mol. The van der Waals surface area contributed by atoms with E-state index in [2.05, 4.69) is 20.4 Å². The summed E-state index contributed by atoms with van der Waals surface area (Å²) < 4.78 is 57.5. The Kier molecular flexibility index (Phi) is 17.3. The zero-order valence-electron chi connectivity index (χ0n) is 37.7. The van der Waals surface area contributed by atoms with E-state index in [1.54, 1.807) is 65.1 Å². The molecule has 1 N–H and O–H groups in total. The van der Waals surface area contributed by atoms with Crippen molar-refractivity contribution in [1.82, 2.24) is 35.0 Å². The number of cyclic esters (lactones) is 1. The number of halogens is 2. The standard InChI is InChI=1S/C41H60FN7O10.CH3FS/c1-12-29-41(8)32(48(38(54)59-41)19-15-16-20-49-45-35(44-46-49)27-17-13-14-18-43-27)25(4)30(50)23(2)22-39(6,55-11)34(26(5)33(52)40(7,42)37(53)57-29)58-36-31(51)28(47(9)10)21-24(3)56-36;1-3-2/h13-18,23-26,28-29,31-32,34,36,51H,12,19-22H2,1-11H3;1H3/b16-15+;/t23-,24?,25+,26+,28?,29-,31?,32-,34-,36+,39-,40+,41-;/m1./s1. The first-order valence-electron chi connectivity index (χ1n) is 20.8. The molecule has 62 heavy (non-hydrogen) atoms. The molecule has 3 aliphatic rings. The number of amides is 1. The number of nitrogens with zero attached hydrogens (tertiary/aromatic N) is 7. The summed E-state index contributed by atoms with van der Waals surface area (Å²) in [5.74, 6) is -5.64. The Balaban J connectivity index is 0.00000273. The van der Waals surface area contributed by atoms with Gasteiger partial charge in [0.2, 0.25) is 5.82 Å². The van der Waals surface area contributed by atoms with Crippen LogP contribution in [0.3, 0.4) is 0 Å². The molecule has 5 rings (SSSR count). The number of Topliss-reactive ketones (excluding diaryl/α,β-unsaturated/α-hetero) is 2. The molecular formula is C42H63F2N7O10S. The number of aliphatic hydroxyl groups excluding tert-OH is 1. The molecule has 3 unspecified atom stereocenters. The fourth-order valence-electron chi connectivity index (χ4n) is 8.95. The van der Waals surface area contributed by atoms with E-state index in [-0.39, 0.29) is 56.0 Å². The van der Waals surface area contributed by atoms with Crippen LogP contribution in [0.5, 0.6) is 0 Å². The van der Waals surface area contributed by atoms with Gasteiger partial charge in [-0.2, -0.15) is 8.68 Å². The molecule has 17 nitrogen and oxygen atoms in total. The Morgan fingerprint density at radius 3 is 2.32 bits per heavy atom. The Morgan fingerprint density at radius 2 is 1.73 bits per heavy atom. The van der Waals surface area contributed by atoms with Crippen LogP contribution >= 0.6 is 12.1 Å². The number of hydrogen-bond acceptors (Lipinski definition) is 16. The summed E-state index contributed by atoms with van der Waals surface area (Å²) in [6, 6.07) is 3.97. The van der Waals surface area contributed by atoms with Gasteiger partial charge in [0.25, 0.3) is 5.67 Å². The Bertz CT molecular complexity index is 1880. The average Bonchev–Trinajstić information content (AvgIpc) is 3.81. The highest BCUT2D eigenvalue weighted by Crippen LogP contribution is 2.43. The quantitative estimate of drug-likeness (QED) is 0.193. The number of carbonyl (C=O) groups excluding carboxylic acids is 4. The maximum Gasteiger partial charge on any atom is 0.411 e. The summed E-state index contributed by atoms with van der Waals surface area (Å²) in [6.45, 7) is 12.5. The number of carbonyl (C=O) groups is 4. The largest absolute Gasteiger partial charge is 0.455 e. The first-order valence-corrected chi connectivity index (χ1v) is 21.9. The third-order valence-corrected chi connectivity index (χ3v) is 12.3. The van der Waals surface area contributed by atoms with Crippen molar-refractivity contribution >= 4 is 35.8 Å². The van der Waals surface area contributed by atoms with E-state index in [1.807, 2.05) is 32.0 Å². The molecule has 5 heterocycles. The van der Waals surface area contributed by atoms with Crippen LogP contribution in [0.15, 0.2) is 36.5 Å². The van der Waals surface area contributed by atoms with Crippen LogP contribution in [0, 0.1) is 17.8 Å². The summed E-state index contributed by atoms with van der Waals surface area (Å²) in [7, 11) is 5.02. The second kappa shape index (κ2) is 21.2. The molecule has 2 aromatic rings. The summed E-state index contributed by atoms with van der Waals surface area (Å²) in [4.78, 5) is 65.4. The highest BCUT2D eigenvalue weighted by Gasteiger charge is 2.61. The van der Waals surface area contributed by atoms with E-state index in [9.17, 15) is 28.2 Å². The van der Waals surface area contributed by atoms with Crippen LogP contribution < -0.4 is 0 Å². The van der Waals surface area contributed by atoms with Crippen LogP contribution in [-0.2, 0) is 44.6 Å². The van der Waals surface area contributed by atoms with Crippen molar-refractivity contribution in [2.75, 3.05) is 34.0 Å². The van der Waals surface area contributed by atoms with Gasteiger partial charge in [0.15, 0.2) is 17.7 Å². The predicted octanol–water partition coefficient (Wildman–Crippen LogP) is 4.82. The van der Waals surface area contributed by atoms with Gasteiger partial charge >= 0.3 is 12.1 Å². The molecule has 2 aromatic heterocycles. The molecule has 0 aliphatic carbocycles. The zero-order chi connectivity index (χ0) is 46.3. The van der Waals surface area contributed by atoms with E-state index in [0.29, 0.717) is 17.9 Å². The number of alkyl halides is 1. The molecule has 0 saturated carbocycles. The van der Waals surface area contributed by atoms with Gasteiger partial charge in [-0.25, -0.2) is 14.0 Å². The molecule has 3 saturated heterocycles. The van der Waals surface area contributed by atoms with Crippen molar-refractivity contribution in [2.45, 2.75) is 141 Å². The van der Waals surface area contributed by atoms with Crippen molar-refractivity contribution in [2.24, 2.45) is 17.8 Å². The van der Waals surface area contributed by atoms with Crippen LogP contribution in [0.1, 0.15) is 74.7 Å². The van der Waals surface area contributed by atoms with Gasteiger partial charge in [-0.15, -0.1) is 10.2 Å². The number of aliphatic hydroxyl groups is 1. The fraction of sp³-hybridized carbons (Fsp3) is 0.714. The van der Waals surface area contributed by atoms with E-state index in [4.69, 9.17) is 23.7 Å². The van der Waals surface area contributed by atoms with Gasteiger partial charge in [-0.3, -0.25) is 19.5 Å². The second-order valence-electron chi connectivity index (χ2n) is 17.1. The van der Waals surface area contributed by atoms with Crippen LogP contribution in [0.25, 0.3) is 11.5 Å². The first-order chi connectivity index (χ1) is 29.1. The monoisotopic (exact) mass is 895 g/mol. The van der Waals surface area contributed by atoms with Crippen molar-refractivity contribution < 1.29 is 56.2 Å². The lowest BCUT2D eigenvalue weighted by atomic mass is 9.73. The minimum absolute atomic E-state index is 0.0180. The lowest BCUT2D eigenvalue weighted by Crippen LogP contribution is -2.61. The average molecular weight is 896 g/mol. The molecule has 346 valence electrons. The zero-order valence-corrected chi connectivity index (χ0v) is 38.5. The SMILES string of the molecule is CC[C@H]1OC(=O)[C@@](C)(F)C(=O)[C@H](C)[C@@H](O[C@@H]2OC(C)CC(N(C)C)C2O)[C@](C)(OC)C[C@@H](C)C(=O)[C@H](C)[C@H]2N(C/C=C/Cn3nnc(-c4ccccn4)n3)C(=O)O[C@]12C.CSF. The Morgan fingerprint density at radius 1 is 1.06 bits per heavy atom. The molecule has 0 radical (unpaired) electrons. The molecule has 13 atom stereocenters. The summed E-state index contributed by atoms with van der Waals surface area (Å²) in [5, 5.41) is 23.9. The number of esters is 1. The fourth-order valence-corrected chi connectivity index (χ4v) is 8.95. The molecule has 0 spiro atoms. The van der Waals surface area contributed by atoms with Gasteiger partial charge < -0.3 is 33.7 Å². The Hall–Kier alpha value is -3.95. The normalized spacial score (nSPS) is 36.2. The third-order valence-electron chi connectivity index (χ3n) is 12.3. The molecule has 3 fully saturated rings. The van der Waals surface area contributed by atoms with Crippen molar-refractivity contribution in [3.8, 4) is 11.5 Å². The number of hydrogen-bond donors (Lipinski definition) is 1. The molecule has 1 amide bonds. The topological polar surface area (TPSA) is 198 Å². The number of pyridine rings is 1. The van der Waals surface area contributed by atoms with Crippen LogP contribution in [0.2, 0.25) is 0 Å². The minimum Gasteiger partial charge on any atom is -0.455 e. The van der Waals surface area contributed by atoms with Crippen LogP contribution in [0.4, 0.5) is 13.1 Å². The summed E-state index contributed by atoms with van der Waals surface area (Å²) in [5.41, 5.74) is -5.76. The van der Waals surface area contributed by atoms with Crippen LogP contribution in [-0.4, -0.2) is 157 Å². The lowest BCUT2D eigenvalue weighted by molar-refractivity contribution is -0.295. The number of tetrazole rings is 1. The summed E-state index contributed by atoms with van der Waals surface area (Å²) >= 11 is 0.250. The van der Waals surface area contributed by atoms with Gasteiger partial charge in [0.1, 0.15) is 23.7 Å². The highest BCUT2D eigenvalue weighted by molar-refractivity contribution is 7.93. The van der Waals surface area contributed by atoms with Crippen molar-refractivity contribution in [3.63, 3.8) is 0 Å². The molecule has 3 aliphatic heterocycles. The molecule has 0 aromatic carbocycles. The number of methoxy groups -OCH3 is 1. The lowest BCUT2D eigenvalue weighted by Gasteiger charge is -2.47. The van der Waals surface area contributed by atoms with E-state index < -0.39 is 83.1 Å². The van der Waals surface area contributed by atoms with Crippen molar-refractivity contribution in [3.05, 3.63) is 36.5 Å². The number of ether oxygens (including phenoxy) is 5. The summed E-state index contributed by atoms with van der Waals surface area (Å²) in [6.07, 6.45) is 0.794. The number of rotatable bonds is 10. The van der Waals surface area contributed by atoms with Gasteiger partial charge in [0.05, 0.1) is 30.4 Å². The maximum atomic E-state index is 16.9. The number of aromatic nitrogens is 5. The second-order valence-corrected chi connectivity index (χ2v) is 17.4. The number of likely N-dealkylation sites (N-methyl/N-ethyl adjacent to an activating group) is 1. The molecule has 20 heteroatoms. The number of allylic oxidation sites excluding steroid dienone is 1. The van der Waals surface area contributed by atoms with E-state index >= 15 is 4.39 Å². The first kappa shape index (κ1) is 50.7. The Labute approximate surface area is 366 Å². The molecular weight excluding hydrogens is 833 g/mol. The van der Waals surface area contributed by atoms with E-state index in [0.717, 1.165) is 6.92 Å². The molecule has 0 bridgehead atoms. The number of ketones is 2. The smallest absolute Gasteiger partial charge is 0.411 e. The maximum absolute atomic E-state index is 16.9. The minimum atomic E-state index is -3.20. The third kappa shape index (κ3) is 10.9. The number of fused-ring (bicyclic) bond motifs is 1. The van der Waals surface area contributed by atoms with Crippen molar-refractivity contribution in [1.29, 1.82) is 0 Å². The van der Waals surface area contributed by atoms with E-state index in [1.165, 1.54) is 30.0 Å². The van der Waals surface area contributed by atoms with Gasteiger partial charge in [-0.05, 0) is 78.4 Å². The van der Waals surface area contributed by atoms with Gasteiger partial charge in [0, 0.05) is 62.1 Å². The van der Waals surface area contributed by atoms with Gasteiger partial charge in [-0.1, -0.05) is 45.9 Å². The highest BCUT2D eigenvalue weighted by atomic mass is 32.2.